The van der Waals surface area contributed by atoms with Crippen LogP contribution in [0.5, 0.6) is 0 Å². The highest BCUT2D eigenvalue weighted by atomic mass is 16.5. The fourth-order valence-corrected chi connectivity index (χ4v) is 2.87. The maximum absolute atomic E-state index is 12.6. The highest BCUT2D eigenvalue weighted by molar-refractivity contribution is 6.22. The average Bonchev–Trinajstić information content (AvgIpc) is 3.14. The zero-order valence-electron chi connectivity index (χ0n) is 15.6. The Labute approximate surface area is 157 Å². The van der Waals surface area contributed by atoms with Gasteiger partial charge in [-0.15, -0.1) is 0 Å². The largest absolute Gasteiger partial charge is 0.379 e. The molecule has 0 spiro atoms. The molecule has 1 aromatic carbocycles. The van der Waals surface area contributed by atoms with Gasteiger partial charge in [0, 0.05) is 32.0 Å². The summed E-state index contributed by atoms with van der Waals surface area (Å²) in [5.41, 5.74) is 1.44. The second kappa shape index (κ2) is 7.71. The van der Waals surface area contributed by atoms with Gasteiger partial charge in [-0.2, -0.15) is 5.10 Å². The van der Waals surface area contributed by atoms with Crippen LogP contribution >= 0.6 is 0 Å². The lowest BCUT2D eigenvalue weighted by Gasteiger charge is -2.14. The second-order valence-corrected chi connectivity index (χ2v) is 6.65. The van der Waals surface area contributed by atoms with Crippen LogP contribution in [0.1, 0.15) is 51.3 Å². The first-order valence-electron chi connectivity index (χ1n) is 8.78. The molecule has 27 heavy (non-hydrogen) atoms. The molecule has 1 aromatic heterocycles. The van der Waals surface area contributed by atoms with Crippen molar-refractivity contribution in [2.24, 2.45) is 7.05 Å². The van der Waals surface area contributed by atoms with Crippen molar-refractivity contribution in [2.75, 3.05) is 18.5 Å². The molecule has 0 aliphatic carbocycles. The summed E-state index contributed by atoms with van der Waals surface area (Å²) in [6.07, 6.45) is 3.87. The predicted octanol–water partition coefficient (Wildman–Crippen LogP) is 2.08. The number of hydrogen-bond donors (Lipinski definition) is 1. The van der Waals surface area contributed by atoms with Gasteiger partial charge in [-0.05, 0) is 38.5 Å². The molecule has 8 nitrogen and oxygen atoms in total. The van der Waals surface area contributed by atoms with Crippen LogP contribution in [0, 0.1) is 0 Å². The van der Waals surface area contributed by atoms with Crippen LogP contribution < -0.4 is 5.32 Å². The fraction of sp³-hybridized carbons (Fsp3) is 0.368. The van der Waals surface area contributed by atoms with Gasteiger partial charge >= 0.3 is 0 Å². The van der Waals surface area contributed by atoms with Crippen molar-refractivity contribution in [1.29, 1.82) is 0 Å². The maximum atomic E-state index is 12.6. The summed E-state index contributed by atoms with van der Waals surface area (Å²) in [6.45, 7) is 4.63. The van der Waals surface area contributed by atoms with Crippen LogP contribution in [0.25, 0.3) is 0 Å². The van der Waals surface area contributed by atoms with E-state index < -0.39 is 0 Å². The minimum Gasteiger partial charge on any atom is -0.379 e. The van der Waals surface area contributed by atoms with Crippen molar-refractivity contribution in [2.45, 2.75) is 26.4 Å². The van der Waals surface area contributed by atoms with Gasteiger partial charge in [-0.1, -0.05) is 0 Å². The minimum absolute atomic E-state index is 0.105. The molecule has 1 aliphatic heterocycles. The number of nitrogens with one attached hydrogen (secondary N) is 1. The number of benzene rings is 1. The molecule has 1 aliphatic rings. The molecule has 0 unspecified atom stereocenters. The van der Waals surface area contributed by atoms with E-state index in [2.05, 4.69) is 10.4 Å². The Hall–Kier alpha value is -3.00. The van der Waals surface area contributed by atoms with Crippen molar-refractivity contribution < 1.29 is 19.1 Å². The van der Waals surface area contributed by atoms with Crippen LogP contribution in [0.2, 0.25) is 0 Å². The topological polar surface area (TPSA) is 93.5 Å². The number of rotatable bonds is 7. The first-order valence-corrected chi connectivity index (χ1v) is 8.78. The Kier molecular flexibility index (Phi) is 5.36. The fourth-order valence-electron chi connectivity index (χ4n) is 2.87. The summed E-state index contributed by atoms with van der Waals surface area (Å²) in [5, 5.41) is 6.70. The molecule has 0 saturated heterocycles. The number of aromatic nitrogens is 2. The van der Waals surface area contributed by atoms with E-state index in [1.54, 1.807) is 24.0 Å². The van der Waals surface area contributed by atoms with Gasteiger partial charge in [0.25, 0.3) is 17.7 Å². The highest BCUT2D eigenvalue weighted by Gasteiger charge is 2.35. The molecule has 0 atom stereocenters. The lowest BCUT2D eigenvalue weighted by Crippen LogP contribution is -2.31. The van der Waals surface area contributed by atoms with Crippen molar-refractivity contribution in [3.63, 3.8) is 0 Å². The molecular weight excluding hydrogens is 348 g/mol. The quantitative estimate of drug-likeness (QED) is 0.595. The molecule has 3 rings (SSSR count). The molecule has 8 heteroatoms. The van der Waals surface area contributed by atoms with E-state index in [4.69, 9.17) is 4.74 Å². The number of carbonyl (C=O) groups excluding carboxylic acids is 3. The number of anilines is 1. The summed E-state index contributed by atoms with van der Waals surface area (Å²) in [7, 11) is 1.75. The molecule has 0 fully saturated rings. The van der Waals surface area contributed by atoms with Gasteiger partial charge in [0.1, 0.15) is 0 Å². The molecular formula is C19H22N4O4. The summed E-state index contributed by atoms with van der Waals surface area (Å²) in [6, 6.07) is 4.53. The standard InChI is InChI=1S/C19H22N4O4/c1-12(2)27-8-4-7-23-18(25)15-6-5-13(9-16(15)19(23)26)17(24)21-14-10-20-22(3)11-14/h5-6,9-12H,4,7-8H2,1-3H3,(H,21,24). The Morgan fingerprint density at radius 3 is 2.63 bits per heavy atom. The summed E-state index contributed by atoms with van der Waals surface area (Å²) < 4.78 is 7.02. The summed E-state index contributed by atoms with van der Waals surface area (Å²) >= 11 is 0. The number of aryl methyl sites for hydroxylation is 1. The van der Waals surface area contributed by atoms with Crippen molar-refractivity contribution in [3.8, 4) is 0 Å². The van der Waals surface area contributed by atoms with E-state index in [9.17, 15) is 14.4 Å². The minimum atomic E-state index is -0.379. The van der Waals surface area contributed by atoms with E-state index in [-0.39, 0.29) is 35.9 Å². The van der Waals surface area contributed by atoms with Crippen molar-refractivity contribution in [1.82, 2.24) is 14.7 Å². The van der Waals surface area contributed by atoms with E-state index >= 15 is 0 Å². The lowest BCUT2D eigenvalue weighted by molar-refractivity contribution is 0.0566. The number of fused-ring (bicyclic) bond motifs is 1. The Bertz CT molecular complexity index is 888. The van der Waals surface area contributed by atoms with Crippen molar-refractivity contribution >= 4 is 23.4 Å². The Morgan fingerprint density at radius 1 is 1.22 bits per heavy atom. The summed E-state index contributed by atoms with van der Waals surface area (Å²) in [5.74, 6) is -1.08. The van der Waals surface area contributed by atoms with Gasteiger partial charge in [-0.3, -0.25) is 24.0 Å². The van der Waals surface area contributed by atoms with Crippen LogP contribution in [0.3, 0.4) is 0 Å². The molecule has 2 aromatic rings. The van der Waals surface area contributed by atoms with E-state index in [1.165, 1.54) is 23.2 Å². The zero-order chi connectivity index (χ0) is 19.6. The van der Waals surface area contributed by atoms with Crippen LogP contribution in [0.4, 0.5) is 5.69 Å². The number of imide groups is 1. The third-order valence-electron chi connectivity index (χ3n) is 4.17. The van der Waals surface area contributed by atoms with Crippen LogP contribution in [-0.2, 0) is 11.8 Å². The van der Waals surface area contributed by atoms with Gasteiger partial charge in [-0.25, -0.2) is 0 Å². The van der Waals surface area contributed by atoms with Gasteiger partial charge < -0.3 is 10.1 Å². The van der Waals surface area contributed by atoms with Crippen molar-refractivity contribution in [3.05, 3.63) is 47.3 Å². The molecule has 142 valence electrons. The maximum Gasteiger partial charge on any atom is 0.261 e. The molecule has 1 N–H and O–H groups in total. The monoisotopic (exact) mass is 370 g/mol. The molecule has 0 bridgehead atoms. The van der Waals surface area contributed by atoms with Crippen LogP contribution in [0.15, 0.2) is 30.6 Å². The van der Waals surface area contributed by atoms with E-state index in [0.717, 1.165) is 0 Å². The number of hydrogen-bond acceptors (Lipinski definition) is 5. The molecule has 3 amide bonds. The first-order chi connectivity index (χ1) is 12.9. The zero-order valence-corrected chi connectivity index (χ0v) is 15.6. The highest BCUT2D eigenvalue weighted by Crippen LogP contribution is 2.24. The predicted molar refractivity (Wildman–Crippen MR) is 98.7 cm³/mol. The Balaban J connectivity index is 1.70. The number of nitrogens with zero attached hydrogens (tertiary/aromatic N) is 3. The third-order valence-corrected chi connectivity index (χ3v) is 4.17. The smallest absolute Gasteiger partial charge is 0.261 e. The Morgan fingerprint density at radius 2 is 1.96 bits per heavy atom. The SMILES string of the molecule is CC(C)OCCCN1C(=O)c2ccc(C(=O)Nc3cnn(C)c3)cc2C1=O. The first kappa shape index (κ1) is 18.8. The summed E-state index contributed by atoms with van der Waals surface area (Å²) in [4.78, 5) is 38.7. The third kappa shape index (κ3) is 4.06. The molecule has 0 saturated carbocycles. The molecule has 2 heterocycles. The second-order valence-electron chi connectivity index (χ2n) is 6.65. The average molecular weight is 370 g/mol. The lowest BCUT2D eigenvalue weighted by atomic mass is 10.1. The van der Waals surface area contributed by atoms with Crippen LogP contribution in [-0.4, -0.2) is 51.7 Å². The van der Waals surface area contributed by atoms with Gasteiger partial charge in [0.15, 0.2) is 0 Å². The number of carbonyl (C=O) groups is 3. The van der Waals surface area contributed by atoms with Gasteiger partial charge in [0.05, 0.1) is 29.1 Å². The number of ether oxygens (including phenoxy) is 1. The number of amides is 3. The van der Waals surface area contributed by atoms with E-state index in [0.29, 0.717) is 29.8 Å². The normalized spacial score (nSPS) is 13.4. The van der Waals surface area contributed by atoms with E-state index in [1.807, 2.05) is 13.8 Å². The molecule has 0 radical (unpaired) electrons. The van der Waals surface area contributed by atoms with Gasteiger partial charge in [0.2, 0.25) is 0 Å².